The molecule has 4 rings (SSSR count). The van der Waals surface area contributed by atoms with Gasteiger partial charge in [-0.1, -0.05) is 0 Å². The van der Waals surface area contributed by atoms with Gasteiger partial charge in [-0.2, -0.15) is 0 Å². The number of aromatic nitrogens is 2. The van der Waals surface area contributed by atoms with Gasteiger partial charge in [0.05, 0.1) is 38.3 Å². The number of hydrogen-bond donors (Lipinski definition) is 1. The standard InChI is InChI=1S/C21H21N3O3S/c1-12(19-5-6-20(28-19)14-7-8-27-11-14)22-21-15-9-17(25-3)18(26-4)10-16(15)23-13(2)24-21/h5-12H,1-4H3,(H,22,23,24). The summed E-state index contributed by atoms with van der Waals surface area (Å²) in [5, 5.41) is 4.42. The van der Waals surface area contributed by atoms with E-state index in [9.17, 15) is 0 Å². The van der Waals surface area contributed by atoms with Crippen LogP contribution in [0.2, 0.25) is 0 Å². The van der Waals surface area contributed by atoms with Crippen LogP contribution in [-0.4, -0.2) is 24.2 Å². The lowest BCUT2D eigenvalue weighted by molar-refractivity contribution is 0.356. The van der Waals surface area contributed by atoms with Gasteiger partial charge in [-0.15, -0.1) is 11.3 Å². The Balaban J connectivity index is 1.68. The van der Waals surface area contributed by atoms with E-state index in [0.29, 0.717) is 17.3 Å². The van der Waals surface area contributed by atoms with E-state index in [-0.39, 0.29) is 6.04 Å². The van der Waals surface area contributed by atoms with E-state index >= 15 is 0 Å². The molecule has 0 spiro atoms. The molecule has 4 aromatic rings. The van der Waals surface area contributed by atoms with Crippen molar-refractivity contribution in [1.82, 2.24) is 9.97 Å². The number of ether oxygens (including phenoxy) is 2. The second kappa shape index (κ2) is 7.52. The number of furan rings is 1. The maximum atomic E-state index is 5.45. The van der Waals surface area contributed by atoms with Gasteiger partial charge < -0.3 is 19.2 Å². The number of nitrogens with one attached hydrogen (secondary N) is 1. The Bertz CT molecular complexity index is 1110. The molecule has 3 heterocycles. The molecule has 1 unspecified atom stereocenters. The Morgan fingerprint density at radius 1 is 1.07 bits per heavy atom. The zero-order chi connectivity index (χ0) is 19.7. The smallest absolute Gasteiger partial charge is 0.162 e. The van der Waals surface area contributed by atoms with E-state index in [2.05, 4.69) is 34.3 Å². The van der Waals surface area contributed by atoms with Crippen molar-refractivity contribution < 1.29 is 13.9 Å². The van der Waals surface area contributed by atoms with Crippen LogP contribution in [0.4, 0.5) is 5.82 Å². The Hall–Kier alpha value is -3.06. The van der Waals surface area contributed by atoms with Crippen molar-refractivity contribution in [2.75, 3.05) is 19.5 Å². The summed E-state index contributed by atoms with van der Waals surface area (Å²) in [6.45, 7) is 4.00. The molecule has 0 aliphatic carbocycles. The minimum absolute atomic E-state index is 0.0799. The highest BCUT2D eigenvalue weighted by atomic mass is 32.1. The molecule has 0 saturated carbocycles. The first-order chi connectivity index (χ1) is 13.6. The largest absolute Gasteiger partial charge is 0.493 e. The fourth-order valence-corrected chi connectivity index (χ4v) is 4.10. The molecule has 1 atom stereocenters. The topological polar surface area (TPSA) is 69.4 Å². The first-order valence-corrected chi connectivity index (χ1v) is 9.70. The number of hydrogen-bond acceptors (Lipinski definition) is 7. The number of aryl methyl sites for hydroxylation is 1. The van der Waals surface area contributed by atoms with Gasteiger partial charge in [0.2, 0.25) is 0 Å². The van der Waals surface area contributed by atoms with Crippen LogP contribution in [-0.2, 0) is 0 Å². The van der Waals surface area contributed by atoms with Crippen molar-refractivity contribution in [2.24, 2.45) is 0 Å². The van der Waals surface area contributed by atoms with Gasteiger partial charge in [0.1, 0.15) is 11.6 Å². The first-order valence-electron chi connectivity index (χ1n) is 8.88. The van der Waals surface area contributed by atoms with E-state index < -0.39 is 0 Å². The van der Waals surface area contributed by atoms with Crippen LogP contribution in [0, 0.1) is 6.92 Å². The maximum absolute atomic E-state index is 5.45. The molecule has 1 N–H and O–H groups in total. The van der Waals surface area contributed by atoms with Gasteiger partial charge in [0.15, 0.2) is 11.5 Å². The number of anilines is 1. The Kier molecular flexibility index (Phi) is 4.92. The summed E-state index contributed by atoms with van der Waals surface area (Å²) in [6.07, 6.45) is 3.45. The highest BCUT2D eigenvalue weighted by Crippen LogP contribution is 2.36. The van der Waals surface area contributed by atoms with Gasteiger partial charge in [0.25, 0.3) is 0 Å². The lowest BCUT2D eigenvalue weighted by atomic mass is 10.2. The second-order valence-corrected chi connectivity index (χ2v) is 7.54. The number of thiophene rings is 1. The van der Waals surface area contributed by atoms with Crippen molar-refractivity contribution in [3.63, 3.8) is 0 Å². The van der Waals surface area contributed by atoms with Crippen LogP contribution in [0.5, 0.6) is 11.5 Å². The predicted octanol–water partition coefficient (Wildman–Crippen LogP) is 5.45. The maximum Gasteiger partial charge on any atom is 0.162 e. The molecule has 28 heavy (non-hydrogen) atoms. The fourth-order valence-electron chi connectivity index (χ4n) is 3.10. The number of fused-ring (bicyclic) bond motifs is 1. The van der Waals surface area contributed by atoms with Crippen LogP contribution in [0.3, 0.4) is 0 Å². The van der Waals surface area contributed by atoms with Crippen LogP contribution >= 0.6 is 11.3 Å². The minimum Gasteiger partial charge on any atom is -0.493 e. The lowest BCUT2D eigenvalue weighted by Gasteiger charge is -2.16. The van der Waals surface area contributed by atoms with Crippen molar-refractivity contribution in [1.29, 1.82) is 0 Å². The summed E-state index contributed by atoms with van der Waals surface area (Å²) >= 11 is 1.73. The molecule has 0 aliphatic heterocycles. The highest BCUT2D eigenvalue weighted by molar-refractivity contribution is 7.15. The normalized spacial score (nSPS) is 12.1. The van der Waals surface area contributed by atoms with E-state index in [1.807, 2.05) is 25.1 Å². The molecule has 3 aromatic heterocycles. The van der Waals surface area contributed by atoms with Crippen LogP contribution < -0.4 is 14.8 Å². The summed E-state index contributed by atoms with van der Waals surface area (Å²) in [6, 6.07) is 10.1. The zero-order valence-electron chi connectivity index (χ0n) is 16.1. The summed E-state index contributed by atoms with van der Waals surface area (Å²) in [5.74, 6) is 2.76. The van der Waals surface area contributed by atoms with Crippen molar-refractivity contribution >= 4 is 28.1 Å². The number of rotatable bonds is 6. The third kappa shape index (κ3) is 3.41. The Labute approximate surface area is 167 Å². The summed E-state index contributed by atoms with van der Waals surface area (Å²) < 4.78 is 16.0. The molecule has 144 valence electrons. The molecule has 0 bridgehead atoms. The molecular formula is C21H21N3O3S. The summed E-state index contributed by atoms with van der Waals surface area (Å²) in [5.41, 5.74) is 1.90. The minimum atomic E-state index is 0.0799. The van der Waals surface area contributed by atoms with Gasteiger partial charge in [0, 0.05) is 26.8 Å². The van der Waals surface area contributed by atoms with Crippen LogP contribution in [0.1, 0.15) is 23.7 Å². The monoisotopic (exact) mass is 395 g/mol. The third-order valence-electron chi connectivity index (χ3n) is 4.53. The molecule has 1 aromatic carbocycles. The van der Waals surface area contributed by atoms with Crippen molar-refractivity contribution in [3.8, 4) is 21.9 Å². The molecule has 0 saturated heterocycles. The molecule has 0 fully saturated rings. The van der Waals surface area contributed by atoms with Gasteiger partial charge in [-0.25, -0.2) is 9.97 Å². The van der Waals surface area contributed by atoms with E-state index in [1.54, 1.807) is 38.1 Å². The summed E-state index contributed by atoms with van der Waals surface area (Å²) in [4.78, 5) is 11.6. The van der Waals surface area contributed by atoms with Gasteiger partial charge in [-0.3, -0.25) is 0 Å². The van der Waals surface area contributed by atoms with Crippen LogP contribution in [0.15, 0.2) is 47.3 Å². The van der Waals surface area contributed by atoms with Gasteiger partial charge >= 0.3 is 0 Å². The fraction of sp³-hybridized carbons (Fsp3) is 0.238. The predicted molar refractivity (Wildman–Crippen MR) is 111 cm³/mol. The number of nitrogens with zero attached hydrogens (tertiary/aromatic N) is 2. The first kappa shape index (κ1) is 18.3. The number of methoxy groups -OCH3 is 2. The molecule has 0 aliphatic rings. The van der Waals surface area contributed by atoms with E-state index in [4.69, 9.17) is 13.9 Å². The SMILES string of the molecule is COc1cc2nc(C)nc(NC(C)c3ccc(-c4ccoc4)s3)c2cc1OC. The molecule has 7 heteroatoms. The molecule has 0 amide bonds. The van der Waals surface area contributed by atoms with Crippen LogP contribution in [0.25, 0.3) is 21.3 Å². The lowest BCUT2D eigenvalue weighted by Crippen LogP contribution is -2.08. The molecule has 6 nitrogen and oxygen atoms in total. The number of benzene rings is 1. The molecular weight excluding hydrogens is 374 g/mol. The average Bonchev–Trinajstić information content (AvgIpc) is 3.38. The molecule has 0 radical (unpaired) electrons. The third-order valence-corrected chi connectivity index (χ3v) is 5.84. The highest BCUT2D eigenvalue weighted by Gasteiger charge is 2.16. The Morgan fingerprint density at radius 3 is 2.57 bits per heavy atom. The van der Waals surface area contributed by atoms with Gasteiger partial charge in [-0.05, 0) is 38.1 Å². The second-order valence-electron chi connectivity index (χ2n) is 6.42. The average molecular weight is 395 g/mol. The Morgan fingerprint density at radius 2 is 1.86 bits per heavy atom. The van der Waals surface area contributed by atoms with E-state index in [0.717, 1.165) is 22.3 Å². The van der Waals surface area contributed by atoms with Crippen molar-refractivity contribution in [2.45, 2.75) is 19.9 Å². The van der Waals surface area contributed by atoms with Crippen molar-refractivity contribution in [3.05, 3.63) is 53.6 Å². The zero-order valence-corrected chi connectivity index (χ0v) is 17.0. The quantitative estimate of drug-likeness (QED) is 0.468. The van der Waals surface area contributed by atoms with E-state index in [1.165, 1.54) is 9.75 Å². The summed E-state index contributed by atoms with van der Waals surface area (Å²) in [7, 11) is 3.24.